The molecule has 1 N–H and O–H groups in total. The molecule has 4 nitrogen and oxygen atoms in total. The molecule has 0 radical (unpaired) electrons. The molecule has 2 aliphatic heterocycles. The first-order valence-electron chi connectivity index (χ1n) is 11.6. The Bertz CT molecular complexity index is 862. The van der Waals surface area contributed by atoms with Crippen LogP contribution in [0.3, 0.4) is 0 Å². The number of amides is 1. The van der Waals surface area contributed by atoms with Crippen LogP contribution >= 0.6 is 11.8 Å². The van der Waals surface area contributed by atoms with Gasteiger partial charge in [0.25, 0.3) is 5.91 Å². The normalized spacial score (nSPS) is 21.5. The van der Waals surface area contributed by atoms with E-state index in [9.17, 15) is 4.79 Å². The van der Waals surface area contributed by atoms with Gasteiger partial charge in [-0.3, -0.25) is 4.79 Å². The summed E-state index contributed by atoms with van der Waals surface area (Å²) in [6.45, 7) is 10.8. The first-order valence-corrected chi connectivity index (χ1v) is 12.6. The third-order valence-corrected chi connectivity index (χ3v) is 7.32. The molecule has 0 aromatic heterocycles. The highest BCUT2D eigenvalue weighted by molar-refractivity contribution is 7.99. The second kappa shape index (κ2) is 10.6. The third-order valence-electron chi connectivity index (χ3n) is 6.28. The van der Waals surface area contributed by atoms with Crippen LogP contribution in [0.1, 0.15) is 42.6 Å². The molecule has 0 bridgehead atoms. The van der Waals surface area contributed by atoms with E-state index in [-0.39, 0.29) is 5.91 Å². The number of fused-ring (bicyclic) bond motifs is 1. The predicted molar refractivity (Wildman–Crippen MR) is 131 cm³/mol. The van der Waals surface area contributed by atoms with E-state index < -0.39 is 0 Å². The van der Waals surface area contributed by atoms with Crippen LogP contribution in [0.5, 0.6) is 0 Å². The number of hydrogen-bond donors (Lipinski definition) is 1. The van der Waals surface area contributed by atoms with Gasteiger partial charge in [0, 0.05) is 48.9 Å². The second-order valence-electron chi connectivity index (χ2n) is 9.25. The highest BCUT2D eigenvalue weighted by atomic mass is 32.2. The van der Waals surface area contributed by atoms with Crippen molar-refractivity contribution in [2.45, 2.75) is 38.1 Å². The summed E-state index contributed by atoms with van der Waals surface area (Å²) in [7, 11) is 0. The van der Waals surface area contributed by atoms with E-state index >= 15 is 0 Å². The quantitative estimate of drug-likeness (QED) is 0.625. The molecule has 2 aromatic rings. The van der Waals surface area contributed by atoms with E-state index in [0.717, 1.165) is 55.8 Å². The van der Waals surface area contributed by atoms with Gasteiger partial charge in [-0.15, -0.1) is 11.8 Å². The number of piperidine rings is 1. The molecule has 2 aliphatic rings. The zero-order valence-electron chi connectivity index (χ0n) is 18.8. The average molecular weight is 438 g/mol. The lowest BCUT2D eigenvalue weighted by Gasteiger charge is -2.34. The molecule has 2 unspecified atom stereocenters. The SMILES string of the molecule is CC1CC(C)CN(CCCNC(=O)c2ccc3c(c2)N(Cc2ccccc2)CCS3)C1. The van der Waals surface area contributed by atoms with Crippen molar-refractivity contribution in [3.05, 3.63) is 59.7 Å². The molecule has 5 heteroatoms. The van der Waals surface area contributed by atoms with E-state index in [0.29, 0.717) is 0 Å². The fourth-order valence-electron chi connectivity index (χ4n) is 4.96. The van der Waals surface area contributed by atoms with E-state index in [1.165, 1.54) is 35.7 Å². The molecule has 2 aromatic carbocycles. The lowest BCUT2D eigenvalue weighted by atomic mass is 9.92. The summed E-state index contributed by atoms with van der Waals surface area (Å²) in [5, 5.41) is 3.14. The molecular formula is C26H35N3OS. The lowest BCUT2D eigenvalue weighted by molar-refractivity contribution is 0.0947. The van der Waals surface area contributed by atoms with Gasteiger partial charge >= 0.3 is 0 Å². The number of rotatable bonds is 7. The van der Waals surface area contributed by atoms with Crippen LogP contribution in [0.25, 0.3) is 0 Å². The maximum Gasteiger partial charge on any atom is 0.251 e. The fraction of sp³-hybridized carbons (Fsp3) is 0.500. The zero-order valence-corrected chi connectivity index (χ0v) is 19.7. The summed E-state index contributed by atoms with van der Waals surface area (Å²) >= 11 is 1.88. The number of thioether (sulfide) groups is 1. The minimum atomic E-state index is 0.0402. The van der Waals surface area contributed by atoms with Crippen LogP contribution < -0.4 is 10.2 Å². The van der Waals surface area contributed by atoms with Crippen molar-refractivity contribution in [2.24, 2.45) is 11.8 Å². The molecule has 4 rings (SSSR count). The Morgan fingerprint density at radius 2 is 1.87 bits per heavy atom. The van der Waals surface area contributed by atoms with Crippen molar-refractivity contribution < 1.29 is 4.79 Å². The van der Waals surface area contributed by atoms with Crippen LogP contribution in [0.4, 0.5) is 5.69 Å². The van der Waals surface area contributed by atoms with E-state index in [2.05, 4.69) is 71.4 Å². The van der Waals surface area contributed by atoms with Crippen molar-refractivity contribution in [3.8, 4) is 0 Å². The van der Waals surface area contributed by atoms with E-state index in [1.54, 1.807) is 0 Å². The molecule has 2 atom stereocenters. The summed E-state index contributed by atoms with van der Waals surface area (Å²) in [4.78, 5) is 19.0. The van der Waals surface area contributed by atoms with Gasteiger partial charge in [0.15, 0.2) is 0 Å². The molecule has 2 heterocycles. The highest BCUT2D eigenvalue weighted by Crippen LogP contribution is 2.36. The number of carbonyl (C=O) groups is 1. The summed E-state index contributed by atoms with van der Waals surface area (Å²) in [6.07, 6.45) is 2.34. The van der Waals surface area contributed by atoms with Gasteiger partial charge in [0.05, 0.1) is 5.69 Å². The largest absolute Gasteiger partial charge is 0.365 e. The Morgan fingerprint density at radius 1 is 1.10 bits per heavy atom. The van der Waals surface area contributed by atoms with Gasteiger partial charge in [-0.05, 0) is 55.0 Å². The molecular weight excluding hydrogens is 402 g/mol. The molecule has 0 saturated carbocycles. The number of nitrogens with one attached hydrogen (secondary N) is 1. The van der Waals surface area contributed by atoms with Crippen LogP contribution in [0.2, 0.25) is 0 Å². The molecule has 31 heavy (non-hydrogen) atoms. The smallest absolute Gasteiger partial charge is 0.251 e. The first-order chi connectivity index (χ1) is 15.1. The van der Waals surface area contributed by atoms with Crippen molar-refractivity contribution in [1.82, 2.24) is 10.2 Å². The fourth-order valence-corrected chi connectivity index (χ4v) is 6.00. The maximum absolute atomic E-state index is 12.8. The number of nitrogens with zero attached hydrogens (tertiary/aromatic N) is 2. The van der Waals surface area contributed by atoms with Crippen molar-refractivity contribution in [3.63, 3.8) is 0 Å². The maximum atomic E-state index is 12.8. The van der Waals surface area contributed by atoms with Gasteiger partial charge in [-0.25, -0.2) is 0 Å². The number of likely N-dealkylation sites (tertiary alicyclic amines) is 1. The Morgan fingerprint density at radius 3 is 2.65 bits per heavy atom. The Labute approximate surface area is 191 Å². The average Bonchev–Trinajstić information content (AvgIpc) is 2.76. The van der Waals surface area contributed by atoms with Crippen molar-refractivity contribution in [2.75, 3.05) is 43.4 Å². The molecule has 0 aliphatic carbocycles. The van der Waals surface area contributed by atoms with E-state index in [4.69, 9.17) is 0 Å². The summed E-state index contributed by atoms with van der Waals surface area (Å²) in [5.41, 5.74) is 3.25. The summed E-state index contributed by atoms with van der Waals surface area (Å²) in [6, 6.07) is 16.7. The van der Waals surface area contributed by atoms with Crippen molar-refractivity contribution >= 4 is 23.4 Å². The molecule has 1 saturated heterocycles. The summed E-state index contributed by atoms with van der Waals surface area (Å²) in [5.74, 6) is 2.69. The minimum Gasteiger partial charge on any atom is -0.365 e. The van der Waals surface area contributed by atoms with Crippen LogP contribution in [0.15, 0.2) is 53.4 Å². The number of benzene rings is 2. The second-order valence-corrected chi connectivity index (χ2v) is 10.4. The predicted octanol–water partition coefficient (Wildman–Crippen LogP) is 4.90. The Hall–Kier alpha value is -1.98. The van der Waals surface area contributed by atoms with Crippen LogP contribution in [-0.4, -0.2) is 49.3 Å². The first kappa shape index (κ1) is 22.2. The lowest BCUT2D eigenvalue weighted by Crippen LogP contribution is -2.40. The number of anilines is 1. The molecule has 1 fully saturated rings. The highest BCUT2D eigenvalue weighted by Gasteiger charge is 2.22. The van der Waals surface area contributed by atoms with E-state index in [1.807, 2.05) is 17.8 Å². The van der Waals surface area contributed by atoms with Crippen molar-refractivity contribution in [1.29, 1.82) is 0 Å². The van der Waals surface area contributed by atoms with Gasteiger partial charge in [-0.2, -0.15) is 0 Å². The Balaban J connectivity index is 1.32. The number of carbonyl (C=O) groups excluding carboxylic acids is 1. The minimum absolute atomic E-state index is 0.0402. The molecule has 0 spiro atoms. The van der Waals surface area contributed by atoms with Crippen LogP contribution in [-0.2, 0) is 6.54 Å². The standard InChI is InChI=1S/C26H35N3OS/c1-20-15-21(2)18-28(17-20)12-6-11-27-26(30)23-9-10-25-24(16-23)29(13-14-31-25)19-22-7-4-3-5-8-22/h3-5,7-10,16,20-21H,6,11-15,17-19H2,1-2H3,(H,27,30). The number of hydrogen-bond acceptors (Lipinski definition) is 4. The Kier molecular flexibility index (Phi) is 7.57. The van der Waals surface area contributed by atoms with Gasteiger partial charge in [0.2, 0.25) is 0 Å². The summed E-state index contributed by atoms with van der Waals surface area (Å²) < 4.78 is 0. The third kappa shape index (κ3) is 6.05. The zero-order chi connectivity index (χ0) is 21.6. The molecule has 1 amide bonds. The monoisotopic (exact) mass is 437 g/mol. The molecule has 166 valence electrons. The van der Waals surface area contributed by atoms with Gasteiger partial charge in [-0.1, -0.05) is 44.2 Å². The van der Waals surface area contributed by atoms with Crippen LogP contribution in [0, 0.1) is 11.8 Å². The van der Waals surface area contributed by atoms with Gasteiger partial charge in [0.1, 0.15) is 0 Å². The topological polar surface area (TPSA) is 35.6 Å². The van der Waals surface area contributed by atoms with Gasteiger partial charge < -0.3 is 15.1 Å².